The molecule has 2 N–H and O–H groups in total. The van der Waals surface area contributed by atoms with E-state index in [4.69, 9.17) is 15.2 Å². The van der Waals surface area contributed by atoms with Gasteiger partial charge in [-0.2, -0.15) is 0 Å². The van der Waals surface area contributed by atoms with Gasteiger partial charge in [-0.15, -0.1) is 0 Å². The summed E-state index contributed by atoms with van der Waals surface area (Å²) in [4.78, 5) is 2.52. The average molecular weight is 276 g/mol. The van der Waals surface area contributed by atoms with Gasteiger partial charge < -0.3 is 15.2 Å². The third-order valence-electron chi connectivity index (χ3n) is 4.17. The maximum absolute atomic E-state index is 5.84. The van der Waals surface area contributed by atoms with E-state index in [1.807, 2.05) is 24.3 Å². The molecule has 2 unspecified atom stereocenters. The summed E-state index contributed by atoms with van der Waals surface area (Å²) in [5.41, 5.74) is 6.72. The van der Waals surface area contributed by atoms with Crippen LogP contribution in [0, 0.1) is 0 Å². The fraction of sp³-hybridized carbons (Fsp3) is 0.625. The molecule has 20 heavy (non-hydrogen) atoms. The summed E-state index contributed by atoms with van der Waals surface area (Å²) in [7, 11) is 0. The van der Waals surface area contributed by atoms with Crippen LogP contribution in [-0.4, -0.2) is 43.3 Å². The van der Waals surface area contributed by atoms with Crippen molar-refractivity contribution in [2.24, 2.45) is 5.73 Å². The van der Waals surface area contributed by atoms with Gasteiger partial charge in [-0.1, -0.05) is 12.1 Å². The van der Waals surface area contributed by atoms with Gasteiger partial charge in [-0.05, 0) is 37.0 Å². The normalized spacial score (nSPS) is 25.9. The van der Waals surface area contributed by atoms with Crippen molar-refractivity contribution in [1.82, 2.24) is 4.90 Å². The lowest BCUT2D eigenvalue weighted by molar-refractivity contribution is -0.0391. The van der Waals surface area contributed by atoms with Crippen molar-refractivity contribution in [3.63, 3.8) is 0 Å². The molecule has 0 aliphatic carbocycles. The largest absolute Gasteiger partial charge is 0.494 e. The van der Waals surface area contributed by atoms with Crippen LogP contribution in [0.25, 0.3) is 0 Å². The lowest BCUT2D eigenvalue weighted by Crippen LogP contribution is -2.43. The van der Waals surface area contributed by atoms with Gasteiger partial charge in [0.05, 0.1) is 18.8 Å². The predicted molar refractivity (Wildman–Crippen MR) is 78.8 cm³/mol. The van der Waals surface area contributed by atoms with Gasteiger partial charge in [-0.3, -0.25) is 4.90 Å². The number of hydrogen-bond donors (Lipinski definition) is 1. The zero-order chi connectivity index (χ0) is 13.8. The zero-order valence-corrected chi connectivity index (χ0v) is 12.0. The highest BCUT2D eigenvalue weighted by molar-refractivity contribution is 5.26. The second-order valence-corrected chi connectivity index (χ2v) is 5.77. The van der Waals surface area contributed by atoms with E-state index >= 15 is 0 Å². The Morgan fingerprint density at radius 2 is 1.85 bits per heavy atom. The van der Waals surface area contributed by atoms with Crippen LogP contribution in [0.1, 0.15) is 24.8 Å². The lowest BCUT2D eigenvalue weighted by Gasteiger charge is -2.31. The Labute approximate surface area is 120 Å². The molecule has 2 heterocycles. The molecule has 0 radical (unpaired) electrons. The summed E-state index contributed by atoms with van der Waals surface area (Å²) in [6.07, 6.45) is 4.52. The Kier molecular flexibility index (Phi) is 4.55. The van der Waals surface area contributed by atoms with E-state index in [9.17, 15) is 0 Å². The van der Waals surface area contributed by atoms with Gasteiger partial charge in [0.25, 0.3) is 0 Å². The highest BCUT2D eigenvalue weighted by atomic mass is 16.5. The van der Waals surface area contributed by atoms with Crippen LogP contribution in [-0.2, 0) is 11.3 Å². The molecule has 2 aliphatic heterocycles. The van der Waals surface area contributed by atoms with Crippen LogP contribution < -0.4 is 10.5 Å². The number of morpholine rings is 1. The van der Waals surface area contributed by atoms with Crippen LogP contribution in [0.2, 0.25) is 0 Å². The van der Waals surface area contributed by atoms with Crippen LogP contribution in [0.4, 0.5) is 0 Å². The highest BCUT2D eigenvalue weighted by Crippen LogP contribution is 2.26. The number of rotatable bonds is 6. The second-order valence-electron chi connectivity index (χ2n) is 5.77. The summed E-state index contributed by atoms with van der Waals surface area (Å²) in [6, 6.07) is 8.04. The SMILES string of the molecule is NCc1ccc(OCCCN2CC3CCC(C2)O3)cc1. The van der Waals surface area contributed by atoms with E-state index in [1.165, 1.54) is 12.8 Å². The molecular formula is C16H24N2O2. The number of benzene rings is 1. The molecular weight excluding hydrogens is 252 g/mol. The molecule has 2 saturated heterocycles. The Balaban J connectivity index is 1.35. The predicted octanol–water partition coefficient (Wildman–Crippen LogP) is 1.78. The number of fused-ring (bicyclic) bond motifs is 2. The van der Waals surface area contributed by atoms with Gasteiger partial charge in [0.1, 0.15) is 5.75 Å². The molecule has 2 fully saturated rings. The second kappa shape index (κ2) is 6.57. The first-order chi connectivity index (χ1) is 9.83. The van der Waals surface area contributed by atoms with E-state index in [-0.39, 0.29) is 0 Å². The minimum atomic E-state index is 0.485. The molecule has 0 aromatic heterocycles. The van der Waals surface area contributed by atoms with Crippen LogP contribution in [0.3, 0.4) is 0 Å². The van der Waals surface area contributed by atoms with Crippen molar-refractivity contribution in [3.8, 4) is 5.75 Å². The molecule has 0 saturated carbocycles. The fourth-order valence-electron chi connectivity index (χ4n) is 3.08. The molecule has 1 aromatic carbocycles. The van der Waals surface area contributed by atoms with Crippen LogP contribution in [0.5, 0.6) is 5.75 Å². The number of ether oxygens (including phenoxy) is 2. The molecule has 0 spiro atoms. The van der Waals surface area contributed by atoms with E-state index in [0.717, 1.165) is 44.0 Å². The van der Waals surface area contributed by atoms with Gasteiger partial charge in [0.15, 0.2) is 0 Å². The number of hydrogen-bond acceptors (Lipinski definition) is 4. The summed E-state index contributed by atoms with van der Waals surface area (Å²) < 4.78 is 11.6. The maximum atomic E-state index is 5.84. The van der Waals surface area contributed by atoms with Crippen molar-refractivity contribution >= 4 is 0 Å². The molecule has 0 amide bonds. The lowest BCUT2D eigenvalue weighted by atomic mass is 10.2. The molecule has 110 valence electrons. The summed E-state index contributed by atoms with van der Waals surface area (Å²) in [6.45, 7) is 4.66. The molecule has 2 bridgehead atoms. The molecule has 3 rings (SSSR count). The van der Waals surface area contributed by atoms with Crippen LogP contribution >= 0.6 is 0 Å². The summed E-state index contributed by atoms with van der Waals surface area (Å²) in [5, 5.41) is 0. The Morgan fingerprint density at radius 3 is 2.50 bits per heavy atom. The molecule has 2 aliphatic rings. The van der Waals surface area contributed by atoms with Crippen molar-refractivity contribution in [2.75, 3.05) is 26.2 Å². The van der Waals surface area contributed by atoms with Gasteiger partial charge in [-0.25, -0.2) is 0 Å². The van der Waals surface area contributed by atoms with Crippen molar-refractivity contribution in [3.05, 3.63) is 29.8 Å². The average Bonchev–Trinajstić information content (AvgIpc) is 2.83. The Bertz CT molecular complexity index is 409. The fourth-order valence-corrected chi connectivity index (χ4v) is 3.08. The third-order valence-corrected chi connectivity index (χ3v) is 4.17. The topological polar surface area (TPSA) is 47.7 Å². The van der Waals surface area contributed by atoms with E-state index < -0.39 is 0 Å². The van der Waals surface area contributed by atoms with Gasteiger partial charge >= 0.3 is 0 Å². The summed E-state index contributed by atoms with van der Waals surface area (Å²) in [5.74, 6) is 0.934. The van der Waals surface area contributed by atoms with E-state index in [2.05, 4.69) is 4.90 Å². The first-order valence-electron chi connectivity index (χ1n) is 7.63. The highest BCUT2D eigenvalue weighted by Gasteiger charge is 2.33. The van der Waals surface area contributed by atoms with Crippen molar-refractivity contribution < 1.29 is 9.47 Å². The van der Waals surface area contributed by atoms with Crippen molar-refractivity contribution in [2.45, 2.75) is 38.0 Å². The summed E-state index contributed by atoms with van der Waals surface area (Å²) >= 11 is 0. The standard InChI is InChI=1S/C16H24N2O2/c17-10-13-2-4-14(5-3-13)19-9-1-8-18-11-15-6-7-16(12-18)20-15/h2-5,15-16H,1,6-12,17H2. The first kappa shape index (κ1) is 13.9. The van der Waals surface area contributed by atoms with Gasteiger partial charge in [0, 0.05) is 26.2 Å². The molecule has 2 atom stereocenters. The van der Waals surface area contributed by atoms with Gasteiger partial charge in [0.2, 0.25) is 0 Å². The third kappa shape index (κ3) is 3.51. The quantitative estimate of drug-likeness (QED) is 0.805. The minimum absolute atomic E-state index is 0.485. The van der Waals surface area contributed by atoms with E-state index in [1.54, 1.807) is 0 Å². The smallest absolute Gasteiger partial charge is 0.119 e. The molecule has 4 heteroatoms. The van der Waals surface area contributed by atoms with Crippen LogP contribution in [0.15, 0.2) is 24.3 Å². The monoisotopic (exact) mass is 276 g/mol. The van der Waals surface area contributed by atoms with Crippen molar-refractivity contribution in [1.29, 1.82) is 0 Å². The number of nitrogens with zero attached hydrogens (tertiary/aromatic N) is 1. The first-order valence-corrected chi connectivity index (χ1v) is 7.63. The number of nitrogens with two attached hydrogens (primary N) is 1. The Hall–Kier alpha value is -1.10. The molecule has 1 aromatic rings. The Morgan fingerprint density at radius 1 is 1.15 bits per heavy atom. The minimum Gasteiger partial charge on any atom is -0.494 e. The maximum Gasteiger partial charge on any atom is 0.119 e. The zero-order valence-electron chi connectivity index (χ0n) is 12.0. The molecule has 4 nitrogen and oxygen atoms in total. The van der Waals surface area contributed by atoms with E-state index in [0.29, 0.717) is 18.8 Å². The number of likely N-dealkylation sites (tertiary alicyclic amines) is 1.